The second kappa shape index (κ2) is 7.41. The van der Waals surface area contributed by atoms with Gasteiger partial charge in [0.05, 0.1) is 12.0 Å². The molecule has 0 aliphatic carbocycles. The standard InChI is InChI=1S/C18H11F4N3O4/c19-14-6-5-12(7-13(14)17-24-23-9-26-17)27-16-8-15(29-25-16)10-1-3-11(4-2-10)28-18(20,21)22/h1-7,9,15H,8H2/t15-/m0/s1. The molecule has 1 aliphatic heterocycles. The molecule has 0 saturated carbocycles. The Labute approximate surface area is 160 Å². The van der Waals surface area contributed by atoms with E-state index >= 15 is 0 Å². The van der Waals surface area contributed by atoms with Gasteiger partial charge in [-0.15, -0.1) is 23.4 Å². The Morgan fingerprint density at radius 2 is 1.79 bits per heavy atom. The van der Waals surface area contributed by atoms with Gasteiger partial charge in [0.1, 0.15) is 17.3 Å². The monoisotopic (exact) mass is 409 g/mol. The number of alkyl halides is 3. The van der Waals surface area contributed by atoms with Crippen LogP contribution in [0.3, 0.4) is 0 Å². The summed E-state index contributed by atoms with van der Waals surface area (Å²) in [6.07, 6.45) is -4.00. The van der Waals surface area contributed by atoms with Crippen LogP contribution in [-0.4, -0.2) is 22.5 Å². The van der Waals surface area contributed by atoms with Gasteiger partial charge in [0.2, 0.25) is 12.3 Å². The SMILES string of the molecule is Fc1ccc(OC2=NO[C@H](c3ccc(OC(F)(F)F)cc3)C2)cc1-c1nnco1. The number of aromatic nitrogens is 2. The third-order valence-electron chi connectivity index (χ3n) is 3.89. The van der Waals surface area contributed by atoms with Crippen LogP contribution in [0.25, 0.3) is 11.5 Å². The molecule has 0 N–H and O–H groups in total. The first-order chi connectivity index (χ1) is 13.9. The molecular weight excluding hydrogens is 398 g/mol. The van der Waals surface area contributed by atoms with Gasteiger partial charge in [0.25, 0.3) is 5.89 Å². The molecule has 2 heterocycles. The number of ether oxygens (including phenoxy) is 2. The number of rotatable bonds is 4. The van der Waals surface area contributed by atoms with Crippen LogP contribution in [0.1, 0.15) is 18.1 Å². The highest BCUT2D eigenvalue weighted by Gasteiger charge is 2.31. The lowest BCUT2D eigenvalue weighted by Gasteiger charge is -2.11. The first-order valence-corrected chi connectivity index (χ1v) is 8.20. The van der Waals surface area contributed by atoms with E-state index < -0.39 is 18.3 Å². The summed E-state index contributed by atoms with van der Waals surface area (Å²) in [5.41, 5.74) is 0.656. The lowest BCUT2D eigenvalue weighted by Crippen LogP contribution is -2.17. The normalized spacial score (nSPS) is 16.3. The minimum Gasteiger partial charge on any atom is -0.440 e. The minimum absolute atomic E-state index is 0.00315. The summed E-state index contributed by atoms with van der Waals surface area (Å²) < 4.78 is 65.0. The second-order valence-electron chi connectivity index (χ2n) is 5.89. The minimum atomic E-state index is -4.76. The summed E-state index contributed by atoms with van der Waals surface area (Å²) >= 11 is 0. The maximum Gasteiger partial charge on any atom is 0.573 e. The molecule has 1 atom stereocenters. The predicted octanol–water partition coefficient (Wildman–Crippen LogP) is 4.63. The molecule has 11 heteroatoms. The third-order valence-corrected chi connectivity index (χ3v) is 3.89. The molecule has 1 aliphatic rings. The van der Waals surface area contributed by atoms with Crippen molar-refractivity contribution >= 4 is 5.90 Å². The van der Waals surface area contributed by atoms with Gasteiger partial charge in [0.15, 0.2) is 6.10 Å². The van der Waals surface area contributed by atoms with Crippen molar-refractivity contribution < 1.29 is 36.3 Å². The molecule has 0 spiro atoms. The van der Waals surface area contributed by atoms with Crippen LogP contribution in [0, 0.1) is 5.82 Å². The van der Waals surface area contributed by atoms with Crippen molar-refractivity contribution in [3.63, 3.8) is 0 Å². The second-order valence-corrected chi connectivity index (χ2v) is 5.89. The first kappa shape index (κ1) is 18.7. The molecular formula is C18H11F4N3O4. The van der Waals surface area contributed by atoms with E-state index in [4.69, 9.17) is 14.0 Å². The van der Waals surface area contributed by atoms with E-state index in [1.807, 2.05) is 0 Å². The van der Waals surface area contributed by atoms with Gasteiger partial charge in [-0.2, -0.15) is 0 Å². The van der Waals surface area contributed by atoms with Gasteiger partial charge >= 0.3 is 6.36 Å². The average Bonchev–Trinajstić information content (AvgIpc) is 3.35. The largest absolute Gasteiger partial charge is 0.573 e. The maximum absolute atomic E-state index is 13.9. The van der Waals surface area contributed by atoms with Crippen molar-refractivity contribution in [2.45, 2.75) is 18.9 Å². The van der Waals surface area contributed by atoms with E-state index in [0.717, 1.165) is 6.39 Å². The van der Waals surface area contributed by atoms with E-state index in [1.165, 1.54) is 42.5 Å². The van der Waals surface area contributed by atoms with Gasteiger partial charge in [0, 0.05) is 0 Å². The molecule has 0 amide bonds. The lowest BCUT2D eigenvalue weighted by molar-refractivity contribution is -0.274. The van der Waals surface area contributed by atoms with Crippen LogP contribution in [0.5, 0.6) is 11.5 Å². The predicted molar refractivity (Wildman–Crippen MR) is 89.3 cm³/mol. The zero-order chi connectivity index (χ0) is 20.4. The molecule has 29 heavy (non-hydrogen) atoms. The van der Waals surface area contributed by atoms with E-state index in [9.17, 15) is 17.6 Å². The van der Waals surface area contributed by atoms with Crippen molar-refractivity contribution in [1.82, 2.24) is 10.2 Å². The summed E-state index contributed by atoms with van der Waals surface area (Å²) in [5.74, 6) is -0.413. The van der Waals surface area contributed by atoms with Gasteiger partial charge in [-0.1, -0.05) is 17.3 Å². The summed E-state index contributed by atoms with van der Waals surface area (Å²) in [6.45, 7) is 0. The smallest absolute Gasteiger partial charge is 0.440 e. The van der Waals surface area contributed by atoms with Crippen molar-refractivity contribution in [3.8, 4) is 23.0 Å². The fourth-order valence-electron chi connectivity index (χ4n) is 2.64. The Balaban J connectivity index is 1.41. The molecule has 4 rings (SSSR count). The Kier molecular flexibility index (Phi) is 4.79. The average molecular weight is 409 g/mol. The quantitative estimate of drug-likeness (QED) is 0.585. The van der Waals surface area contributed by atoms with E-state index in [1.54, 1.807) is 0 Å². The first-order valence-electron chi connectivity index (χ1n) is 8.20. The Hall–Kier alpha value is -3.63. The van der Waals surface area contributed by atoms with Gasteiger partial charge in [-0.3, -0.25) is 0 Å². The van der Waals surface area contributed by atoms with Gasteiger partial charge in [-0.25, -0.2) is 4.39 Å². The number of hydrogen-bond donors (Lipinski definition) is 0. The van der Waals surface area contributed by atoms with E-state index in [0.29, 0.717) is 5.56 Å². The molecule has 0 radical (unpaired) electrons. The molecule has 3 aromatic rings. The van der Waals surface area contributed by atoms with Crippen molar-refractivity contribution in [2.75, 3.05) is 0 Å². The summed E-state index contributed by atoms with van der Waals surface area (Å²) in [4.78, 5) is 5.28. The van der Waals surface area contributed by atoms with Crippen molar-refractivity contribution in [3.05, 3.63) is 60.2 Å². The van der Waals surface area contributed by atoms with Crippen molar-refractivity contribution in [1.29, 1.82) is 0 Å². The molecule has 2 aromatic carbocycles. The zero-order valence-electron chi connectivity index (χ0n) is 14.4. The number of oxime groups is 1. The number of halogens is 4. The molecule has 0 fully saturated rings. The highest BCUT2D eigenvalue weighted by molar-refractivity contribution is 5.80. The summed E-state index contributed by atoms with van der Waals surface area (Å²) in [6, 6.07) is 9.20. The molecule has 150 valence electrons. The molecule has 1 aromatic heterocycles. The van der Waals surface area contributed by atoms with Crippen molar-refractivity contribution in [2.24, 2.45) is 5.16 Å². The van der Waals surface area contributed by atoms with E-state index in [-0.39, 0.29) is 35.3 Å². The Bertz CT molecular complexity index is 1020. The fourth-order valence-corrected chi connectivity index (χ4v) is 2.64. The molecule has 0 unspecified atom stereocenters. The Morgan fingerprint density at radius 1 is 1.03 bits per heavy atom. The number of benzene rings is 2. The van der Waals surface area contributed by atoms with Crippen LogP contribution in [-0.2, 0) is 4.84 Å². The maximum atomic E-state index is 13.9. The third kappa shape index (κ3) is 4.45. The van der Waals surface area contributed by atoms with Gasteiger partial charge in [-0.05, 0) is 35.9 Å². The highest BCUT2D eigenvalue weighted by atomic mass is 19.4. The lowest BCUT2D eigenvalue weighted by atomic mass is 10.1. The van der Waals surface area contributed by atoms with Gasteiger partial charge < -0.3 is 18.7 Å². The van der Waals surface area contributed by atoms with Crippen LogP contribution >= 0.6 is 0 Å². The van der Waals surface area contributed by atoms with Crippen LogP contribution < -0.4 is 9.47 Å². The Morgan fingerprint density at radius 3 is 2.48 bits per heavy atom. The summed E-state index contributed by atoms with van der Waals surface area (Å²) in [5, 5.41) is 11.0. The zero-order valence-corrected chi connectivity index (χ0v) is 14.4. The van der Waals surface area contributed by atoms with Crippen LogP contribution in [0.15, 0.2) is 58.4 Å². The number of nitrogens with zero attached hydrogens (tertiary/aromatic N) is 3. The van der Waals surface area contributed by atoms with Crippen LogP contribution in [0.4, 0.5) is 17.6 Å². The molecule has 7 nitrogen and oxygen atoms in total. The number of hydrogen-bond acceptors (Lipinski definition) is 7. The molecule has 0 saturated heterocycles. The highest BCUT2D eigenvalue weighted by Crippen LogP contribution is 2.32. The van der Waals surface area contributed by atoms with Crippen LogP contribution in [0.2, 0.25) is 0 Å². The van der Waals surface area contributed by atoms with E-state index in [2.05, 4.69) is 20.1 Å². The summed E-state index contributed by atoms with van der Waals surface area (Å²) in [7, 11) is 0. The molecule has 0 bridgehead atoms. The topological polar surface area (TPSA) is 79.0 Å². The fraction of sp³-hybridized carbons (Fsp3) is 0.167.